The lowest BCUT2D eigenvalue weighted by Gasteiger charge is -2.16. The normalized spacial score (nSPS) is 14.2. The lowest BCUT2D eigenvalue weighted by molar-refractivity contribution is -0.0516. The second-order valence-electron chi connectivity index (χ2n) is 5.11. The van der Waals surface area contributed by atoms with Crippen molar-refractivity contribution in [3.8, 4) is 11.5 Å². The predicted octanol–water partition coefficient (Wildman–Crippen LogP) is 3.27. The van der Waals surface area contributed by atoms with Gasteiger partial charge in [0.1, 0.15) is 0 Å². The highest BCUT2D eigenvalue weighted by atomic mass is 19.3. The van der Waals surface area contributed by atoms with Gasteiger partial charge in [-0.1, -0.05) is 0 Å². The Hall–Kier alpha value is -2.78. The molecule has 10 heteroatoms. The molecule has 0 radical (unpaired) electrons. The van der Waals surface area contributed by atoms with Crippen LogP contribution in [-0.4, -0.2) is 22.4 Å². The highest BCUT2D eigenvalue weighted by molar-refractivity contribution is 5.87. The van der Waals surface area contributed by atoms with Gasteiger partial charge in [0.15, 0.2) is 17.3 Å². The first-order chi connectivity index (χ1) is 11.3. The number of rotatable bonds is 4. The van der Waals surface area contributed by atoms with Gasteiger partial charge in [-0.2, -0.15) is 13.2 Å². The van der Waals surface area contributed by atoms with E-state index in [1.807, 2.05) is 0 Å². The Morgan fingerprint density at radius 3 is 2.54 bits per heavy atom. The van der Waals surface area contributed by atoms with E-state index in [-0.39, 0.29) is 11.6 Å². The molecule has 2 aromatic rings. The zero-order valence-corrected chi connectivity index (χ0v) is 11.8. The molecule has 0 saturated heterocycles. The average molecular weight is 347 g/mol. The van der Waals surface area contributed by atoms with Crippen LogP contribution in [0.1, 0.15) is 18.9 Å². The molecule has 1 aromatic carbocycles. The molecule has 1 aliphatic rings. The number of hydrogen-bond donors (Lipinski definition) is 1. The first kappa shape index (κ1) is 16.1. The number of pyridine rings is 1. The van der Waals surface area contributed by atoms with Crippen molar-refractivity contribution < 1.29 is 36.9 Å². The molecule has 1 heterocycles. The van der Waals surface area contributed by atoms with Crippen LogP contribution in [0.5, 0.6) is 11.5 Å². The number of alkyl halides is 2. The van der Waals surface area contributed by atoms with Crippen LogP contribution in [0.2, 0.25) is 0 Å². The summed E-state index contributed by atoms with van der Waals surface area (Å²) in [6.07, 6.45) is 0.349. The first-order valence-electron chi connectivity index (χ1n) is 6.72. The molecule has 3 rings (SSSR count). The van der Waals surface area contributed by atoms with E-state index in [4.69, 9.17) is 5.11 Å². The van der Waals surface area contributed by atoms with E-state index in [1.165, 1.54) is 4.57 Å². The van der Waals surface area contributed by atoms with Gasteiger partial charge in [-0.25, -0.2) is 9.18 Å². The molecule has 0 amide bonds. The molecule has 128 valence electrons. The first-order valence-corrected chi connectivity index (χ1v) is 6.72. The van der Waals surface area contributed by atoms with E-state index in [9.17, 15) is 27.2 Å². The number of fused-ring (bicyclic) bond motifs is 1. The van der Waals surface area contributed by atoms with Gasteiger partial charge in [-0.3, -0.25) is 4.79 Å². The van der Waals surface area contributed by atoms with Crippen molar-refractivity contribution in [2.45, 2.75) is 25.5 Å². The smallest absolute Gasteiger partial charge is 0.449 e. The van der Waals surface area contributed by atoms with Crippen molar-refractivity contribution in [2.24, 2.45) is 0 Å². The predicted molar refractivity (Wildman–Crippen MR) is 71.7 cm³/mol. The molecule has 1 aromatic heterocycles. The number of aromatic nitrogens is 1. The molecule has 0 aliphatic heterocycles. The number of halogens is 4. The maximum Gasteiger partial charge on any atom is 0.511 e. The number of carboxylic acid groups (broad SMARTS) is 1. The van der Waals surface area contributed by atoms with Crippen LogP contribution in [0.15, 0.2) is 17.1 Å². The third kappa shape index (κ3) is 2.74. The Kier molecular flexibility index (Phi) is 3.82. The monoisotopic (exact) mass is 347 g/mol. The van der Waals surface area contributed by atoms with E-state index in [0.29, 0.717) is 18.9 Å². The summed E-state index contributed by atoms with van der Waals surface area (Å²) in [7, 11) is 0. The maximum atomic E-state index is 13.9. The number of carbonyl (C=O) groups is 1. The Morgan fingerprint density at radius 1 is 1.33 bits per heavy atom. The van der Waals surface area contributed by atoms with E-state index < -0.39 is 46.7 Å². The second kappa shape index (κ2) is 5.69. The SMILES string of the molecule is O=C(O)Oc1cn(C2CC2)c2c(OC(F)F)c(F)c(F)cc2c1=O. The average Bonchev–Trinajstić information content (AvgIpc) is 3.31. The molecule has 24 heavy (non-hydrogen) atoms. The third-order valence-electron chi connectivity index (χ3n) is 3.48. The topological polar surface area (TPSA) is 77.8 Å². The summed E-state index contributed by atoms with van der Waals surface area (Å²) < 4.78 is 62.3. The Morgan fingerprint density at radius 2 is 2.00 bits per heavy atom. The van der Waals surface area contributed by atoms with Crippen molar-refractivity contribution in [1.82, 2.24) is 4.57 Å². The fraction of sp³-hybridized carbons (Fsp3) is 0.286. The number of nitrogens with zero attached hydrogens (tertiary/aromatic N) is 1. The van der Waals surface area contributed by atoms with Gasteiger partial charge >= 0.3 is 12.8 Å². The van der Waals surface area contributed by atoms with Crippen LogP contribution in [0, 0.1) is 11.6 Å². The zero-order chi connectivity index (χ0) is 17.6. The van der Waals surface area contributed by atoms with Gasteiger partial charge in [0.2, 0.25) is 11.2 Å². The minimum Gasteiger partial charge on any atom is -0.449 e. The van der Waals surface area contributed by atoms with Crippen LogP contribution in [0.25, 0.3) is 10.9 Å². The zero-order valence-electron chi connectivity index (χ0n) is 11.8. The number of hydrogen-bond acceptors (Lipinski definition) is 4. The number of ether oxygens (including phenoxy) is 2. The molecule has 0 spiro atoms. The molecule has 1 saturated carbocycles. The van der Waals surface area contributed by atoms with E-state index >= 15 is 0 Å². The summed E-state index contributed by atoms with van der Waals surface area (Å²) in [5.41, 5.74) is -1.46. The maximum absolute atomic E-state index is 13.9. The largest absolute Gasteiger partial charge is 0.511 e. The number of benzene rings is 1. The molecule has 0 atom stereocenters. The lowest BCUT2D eigenvalue weighted by atomic mass is 10.1. The fourth-order valence-electron chi connectivity index (χ4n) is 2.41. The van der Waals surface area contributed by atoms with Crippen molar-refractivity contribution in [3.63, 3.8) is 0 Å². The Labute approximate surface area is 130 Å². The van der Waals surface area contributed by atoms with Gasteiger partial charge in [0, 0.05) is 6.04 Å². The van der Waals surface area contributed by atoms with E-state index in [0.717, 1.165) is 6.20 Å². The quantitative estimate of drug-likeness (QED) is 0.678. The van der Waals surface area contributed by atoms with Crippen molar-refractivity contribution in [1.29, 1.82) is 0 Å². The summed E-state index contributed by atoms with van der Waals surface area (Å²) in [6, 6.07) is 0.202. The summed E-state index contributed by atoms with van der Waals surface area (Å²) >= 11 is 0. The molecule has 6 nitrogen and oxygen atoms in total. The highest BCUT2D eigenvalue weighted by Gasteiger charge is 2.30. The minimum absolute atomic E-state index is 0.297. The molecular formula is C14H9F4NO5. The van der Waals surface area contributed by atoms with Crippen molar-refractivity contribution in [2.75, 3.05) is 0 Å². The molecule has 1 N–H and O–H groups in total. The van der Waals surface area contributed by atoms with E-state index in [1.54, 1.807) is 0 Å². The van der Waals surface area contributed by atoms with Crippen LogP contribution >= 0.6 is 0 Å². The summed E-state index contributed by atoms with van der Waals surface area (Å²) in [5.74, 6) is -4.99. The summed E-state index contributed by atoms with van der Waals surface area (Å²) in [4.78, 5) is 22.9. The summed E-state index contributed by atoms with van der Waals surface area (Å²) in [5, 5.41) is 8.13. The molecule has 0 bridgehead atoms. The van der Waals surface area contributed by atoms with Crippen LogP contribution in [0.4, 0.5) is 22.4 Å². The van der Waals surface area contributed by atoms with Gasteiger partial charge in [0.25, 0.3) is 0 Å². The highest BCUT2D eigenvalue weighted by Crippen LogP contribution is 2.41. The van der Waals surface area contributed by atoms with Crippen LogP contribution < -0.4 is 14.9 Å². The van der Waals surface area contributed by atoms with Gasteiger partial charge in [-0.15, -0.1) is 0 Å². The molecule has 0 unspecified atom stereocenters. The van der Waals surface area contributed by atoms with E-state index in [2.05, 4.69) is 9.47 Å². The van der Waals surface area contributed by atoms with Crippen molar-refractivity contribution in [3.05, 3.63) is 34.1 Å². The lowest BCUT2D eigenvalue weighted by Crippen LogP contribution is -2.18. The van der Waals surface area contributed by atoms with Gasteiger partial charge in [0.05, 0.1) is 17.1 Å². The van der Waals surface area contributed by atoms with Crippen molar-refractivity contribution >= 4 is 17.1 Å². The standard InChI is InChI=1S/C14H9F4NO5/c15-7-3-6-10(12(9(7)16)24-13(17)18)19(5-1-2-5)4-8(11(6)20)23-14(21)22/h3-5,13H,1-2H2,(H,21,22). The fourth-order valence-corrected chi connectivity index (χ4v) is 2.41. The van der Waals surface area contributed by atoms with Crippen LogP contribution in [0.3, 0.4) is 0 Å². The van der Waals surface area contributed by atoms with Gasteiger partial charge < -0.3 is 19.1 Å². The summed E-state index contributed by atoms with van der Waals surface area (Å²) in [6.45, 7) is -3.44. The second-order valence-corrected chi connectivity index (χ2v) is 5.11. The third-order valence-corrected chi connectivity index (χ3v) is 3.48. The Balaban J connectivity index is 2.38. The van der Waals surface area contributed by atoms with Crippen LogP contribution in [-0.2, 0) is 0 Å². The molecule has 1 aliphatic carbocycles. The molecule has 1 fully saturated rings. The van der Waals surface area contributed by atoms with Gasteiger partial charge in [-0.05, 0) is 18.9 Å². The Bertz CT molecular complexity index is 891. The molecular weight excluding hydrogens is 338 g/mol. The minimum atomic E-state index is -3.44.